The topological polar surface area (TPSA) is 40.6 Å². The second kappa shape index (κ2) is 7.39. The molecule has 2 saturated heterocycles. The van der Waals surface area contributed by atoms with Gasteiger partial charge in [-0.25, -0.2) is 0 Å². The van der Waals surface area contributed by atoms with Crippen LogP contribution in [0.25, 0.3) is 0 Å². The van der Waals surface area contributed by atoms with Crippen molar-refractivity contribution in [3.8, 4) is 0 Å². The number of thioether (sulfide) groups is 1. The number of carbonyl (C=O) groups excluding carboxylic acids is 2. The van der Waals surface area contributed by atoms with Gasteiger partial charge in [0.25, 0.3) is 5.91 Å². The van der Waals surface area contributed by atoms with Gasteiger partial charge in [0.05, 0.1) is 4.87 Å². The van der Waals surface area contributed by atoms with Crippen molar-refractivity contribution in [2.45, 2.75) is 37.1 Å². The highest BCUT2D eigenvalue weighted by atomic mass is 32.2. The number of nitrogens with zero attached hydrogens (tertiary/aromatic N) is 2. The Morgan fingerprint density at radius 2 is 1.81 bits per heavy atom. The van der Waals surface area contributed by atoms with E-state index in [4.69, 9.17) is 0 Å². The standard InChI is InChI=1S/C22H24N2O2S/c1-22-14-12-20(25)24(22)19(16-27-22)21(26)23(18-10-6-3-7-11-18)15-13-17-8-4-2-5-9-17/h2-11,19H,12-16H2,1H3. The highest BCUT2D eigenvalue weighted by molar-refractivity contribution is 8.01. The third-order valence-electron chi connectivity index (χ3n) is 5.53. The molecule has 2 aromatic carbocycles. The van der Waals surface area contributed by atoms with Crippen LogP contribution in [0.1, 0.15) is 25.3 Å². The van der Waals surface area contributed by atoms with Crippen LogP contribution >= 0.6 is 11.8 Å². The molecule has 0 radical (unpaired) electrons. The molecule has 2 aliphatic rings. The Balaban J connectivity index is 1.58. The van der Waals surface area contributed by atoms with E-state index >= 15 is 0 Å². The van der Waals surface area contributed by atoms with Gasteiger partial charge in [0.2, 0.25) is 5.91 Å². The average Bonchev–Trinajstić information content (AvgIpc) is 3.19. The van der Waals surface area contributed by atoms with E-state index in [2.05, 4.69) is 19.1 Å². The molecule has 140 valence electrons. The minimum Gasteiger partial charge on any atom is -0.315 e. The number of hydrogen-bond donors (Lipinski definition) is 0. The maximum Gasteiger partial charge on any atom is 0.250 e. The van der Waals surface area contributed by atoms with Crippen molar-refractivity contribution in [1.29, 1.82) is 0 Å². The highest BCUT2D eigenvalue weighted by Gasteiger charge is 2.53. The second-order valence-electron chi connectivity index (χ2n) is 7.33. The fourth-order valence-corrected chi connectivity index (χ4v) is 5.47. The summed E-state index contributed by atoms with van der Waals surface area (Å²) in [5, 5.41) is 0. The number of amides is 2. The molecular formula is C22H24N2O2S. The first-order valence-corrected chi connectivity index (χ1v) is 10.4. The Bertz CT molecular complexity index is 827. The van der Waals surface area contributed by atoms with Gasteiger partial charge in [0.1, 0.15) is 6.04 Å². The minimum absolute atomic E-state index is 0.0311. The van der Waals surface area contributed by atoms with Crippen LogP contribution < -0.4 is 4.90 Å². The first-order chi connectivity index (χ1) is 13.1. The lowest BCUT2D eigenvalue weighted by Crippen LogP contribution is -2.52. The molecule has 2 unspecified atom stereocenters. The van der Waals surface area contributed by atoms with Crippen molar-refractivity contribution in [2.75, 3.05) is 17.2 Å². The molecule has 2 atom stereocenters. The molecule has 2 aliphatic heterocycles. The highest BCUT2D eigenvalue weighted by Crippen LogP contribution is 2.47. The zero-order chi connectivity index (χ0) is 18.9. The van der Waals surface area contributed by atoms with E-state index in [1.54, 1.807) is 11.8 Å². The lowest BCUT2D eigenvalue weighted by Gasteiger charge is -2.33. The van der Waals surface area contributed by atoms with Gasteiger partial charge in [-0.2, -0.15) is 0 Å². The summed E-state index contributed by atoms with van der Waals surface area (Å²) in [6, 6.07) is 19.6. The Morgan fingerprint density at radius 3 is 2.52 bits per heavy atom. The number of hydrogen-bond acceptors (Lipinski definition) is 3. The van der Waals surface area contributed by atoms with Crippen LogP contribution in [0.3, 0.4) is 0 Å². The van der Waals surface area contributed by atoms with Crippen molar-refractivity contribution < 1.29 is 9.59 Å². The first-order valence-electron chi connectivity index (χ1n) is 9.45. The Labute approximate surface area is 164 Å². The fourth-order valence-electron chi connectivity index (χ4n) is 4.04. The van der Waals surface area contributed by atoms with E-state index < -0.39 is 0 Å². The maximum atomic E-state index is 13.5. The van der Waals surface area contributed by atoms with Crippen LogP contribution in [0.2, 0.25) is 0 Å². The smallest absolute Gasteiger partial charge is 0.250 e. The second-order valence-corrected chi connectivity index (χ2v) is 8.83. The largest absolute Gasteiger partial charge is 0.315 e. The lowest BCUT2D eigenvalue weighted by atomic mass is 10.1. The summed E-state index contributed by atoms with van der Waals surface area (Å²) in [4.78, 5) is 29.5. The van der Waals surface area contributed by atoms with Crippen molar-refractivity contribution in [1.82, 2.24) is 4.90 Å². The number of para-hydroxylation sites is 1. The van der Waals surface area contributed by atoms with Crippen LogP contribution in [0, 0.1) is 0 Å². The van der Waals surface area contributed by atoms with E-state index in [0.29, 0.717) is 18.7 Å². The number of rotatable bonds is 5. The minimum atomic E-state index is -0.369. The molecule has 5 heteroatoms. The molecule has 0 bridgehead atoms. The van der Waals surface area contributed by atoms with E-state index in [9.17, 15) is 9.59 Å². The molecule has 27 heavy (non-hydrogen) atoms. The van der Waals surface area contributed by atoms with E-state index in [1.807, 2.05) is 58.3 Å². The summed E-state index contributed by atoms with van der Waals surface area (Å²) in [7, 11) is 0. The summed E-state index contributed by atoms with van der Waals surface area (Å²) in [5.41, 5.74) is 2.10. The van der Waals surface area contributed by atoms with Gasteiger partial charge in [-0.1, -0.05) is 48.5 Å². The van der Waals surface area contributed by atoms with Crippen molar-refractivity contribution >= 4 is 29.3 Å². The van der Waals surface area contributed by atoms with Gasteiger partial charge in [-0.15, -0.1) is 11.8 Å². The molecular weight excluding hydrogens is 356 g/mol. The number of anilines is 1. The molecule has 2 fully saturated rings. The molecule has 0 spiro atoms. The molecule has 0 saturated carbocycles. The van der Waals surface area contributed by atoms with Gasteiger partial charge >= 0.3 is 0 Å². The van der Waals surface area contributed by atoms with Gasteiger partial charge in [-0.05, 0) is 37.5 Å². The molecule has 0 N–H and O–H groups in total. The Hall–Kier alpha value is -2.27. The monoisotopic (exact) mass is 380 g/mol. The van der Waals surface area contributed by atoms with Crippen LogP contribution in [0.4, 0.5) is 5.69 Å². The van der Waals surface area contributed by atoms with Crippen LogP contribution in [0.5, 0.6) is 0 Å². The van der Waals surface area contributed by atoms with E-state index in [-0.39, 0.29) is 22.7 Å². The molecule has 4 nitrogen and oxygen atoms in total. The summed E-state index contributed by atoms with van der Waals surface area (Å²) in [6.07, 6.45) is 2.16. The Morgan fingerprint density at radius 1 is 1.15 bits per heavy atom. The molecule has 2 aromatic rings. The third kappa shape index (κ3) is 3.48. The molecule has 0 aromatic heterocycles. The van der Waals surface area contributed by atoms with Gasteiger partial charge in [0.15, 0.2) is 0 Å². The third-order valence-corrected chi connectivity index (χ3v) is 7.04. The number of fused-ring (bicyclic) bond motifs is 1. The summed E-state index contributed by atoms with van der Waals surface area (Å²) in [6.45, 7) is 2.69. The van der Waals surface area contributed by atoms with Crippen LogP contribution in [-0.4, -0.2) is 39.9 Å². The van der Waals surface area contributed by atoms with E-state index in [0.717, 1.165) is 18.5 Å². The van der Waals surface area contributed by atoms with Gasteiger partial charge < -0.3 is 9.80 Å². The van der Waals surface area contributed by atoms with Crippen LogP contribution in [-0.2, 0) is 16.0 Å². The molecule has 2 heterocycles. The molecule has 2 amide bonds. The summed E-state index contributed by atoms with van der Waals surface area (Å²) in [5.74, 6) is 0.816. The Kier molecular flexibility index (Phi) is 4.96. The lowest BCUT2D eigenvalue weighted by molar-refractivity contribution is -0.136. The molecule has 4 rings (SSSR count). The maximum absolute atomic E-state index is 13.5. The quantitative estimate of drug-likeness (QED) is 0.794. The summed E-state index contributed by atoms with van der Waals surface area (Å²) < 4.78 is 0. The van der Waals surface area contributed by atoms with Crippen molar-refractivity contribution in [3.63, 3.8) is 0 Å². The normalized spacial score (nSPS) is 24.1. The van der Waals surface area contributed by atoms with Crippen molar-refractivity contribution in [3.05, 3.63) is 66.2 Å². The first kappa shape index (κ1) is 18.1. The summed E-state index contributed by atoms with van der Waals surface area (Å²) >= 11 is 1.74. The average molecular weight is 381 g/mol. The zero-order valence-electron chi connectivity index (χ0n) is 15.5. The predicted molar refractivity (Wildman–Crippen MR) is 110 cm³/mol. The molecule has 0 aliphatic carbocycles. The van der Waals surface area contributed by atoms with E-state index in [1.165, 1.54) is 5.56 Å². The fraction of sp³-hybridized carbons (Fsp3) is 0.364. The number of benzene rings is 2. The van der Waals surface area contributed by atoms with Gasteiger partial charge in [-0.3, -0.25) is 9.59 Å². The number of carbonyl (C=O) groups is 2. The van der Waals surface area contributed by atoms with Gasteiger partial charge in [0, 0.05) is 24.4 Å². The zero-order valence-corrected chi connectivity index (χ0v) is 16.3. The predicted octanol–water partition coefficient (Wildman–Crippen LogP) is 3.72. The SMILES string of the molecule is CC12CCC(=O)N1C(C(=O)N(CCc1ccccc1)c1ccccc1)CS2. The van der Waals surface area contributed by atoms with Crippen molar-refractivity contribution in [2.24, 2.45) is 0 Å². The van der Waals surface area contributed by atoms with Crippen LogP contribution in [0.15, 0.2) is 60.7 Å².